The lowest BCUT2D eigenvalue weighted by Crippen LogP contribution is -2.30. The van der Waals surface area contributed by atoms with Gasteiger partial charge in [0.15, 0.2) is 10.8 Å². The molecule has 0 fully saturated rings. The first kappa shape index (κ1) is 18.9. The fourth-order valence-electron chi connectivity index (χ4n) is 3.01. The number of aromatic nitrogens is 5. The SMILES string of the molecule is CCN(CC)S(=O)(=O)c1ccc2nnc(SCc3cn4ccccc4n3)n2c1. The fourth-order valence-corrected chi connectivity index (χ4v) is 5.27. The van der Waals surface area contributed by atoms with Gasteiger partial charge in [-0.3, -0.25) is 4.40 Å². The molecule has 10 heteroatoms. The second-order valence-corrected chi connectivity index (χ2v) is 9.03. The average Bonchev–Trinajstić information content (AvgIpc) is 3.30. The Hall–Kier alpha value is -2.43. The van der Waals surface area contributed by atoms with Crippen molar-refractivity contribution in [2.24, 2.45) is 0 Å². The quantitative estimate of drug-likeness (QED) is 0.431. The molecule has 0 atom stereocenters. The van der Waals surface area contributed by atoms with Gasteiger partial charge in [0.25, 0.3) is 0 Å². The number of rotatable bonds is 7. The summed E-state index contributed by atoms with van der Waals surface area (Å²) >= 11 is 1.47. The van der Waals surface area contributed by atoms with E-state index in [1.165, 1.54) is 16.1 Å². The van der Waals surface area contributed by atoms with E-state index in [0.717, 1.165) is 11.3 Å². The van der Waals surface area contributed by atoms with E-state index in [2.05, 4.69) is 15.2 Å². The van der Waals surface area contributed by atoms with E-state index in [-0.39, 0.29) is 4.90 Å². The summed E-state index contributed by atoms with van der Waals surface area (Å²) in [4.78, 5) is 4.81. The predicted octanol–water partition coefficient (Wildman–Crippen LogP) is 2.70. The zero-order chi connectivity index (χ0) is 19.7. The molecule has 0 aliphatic heterocycles. The molecule has 4 heterocycles. The van der Waals surface area contributed by atoms with Crippen molar-refractivity contribution in [3.8, 4) is 0 Å². The molecular weight excluding hydrogens is 396 g/mol. The van der Waals surface area contributed by atoms with Gasteiger partial charge in [-0.1, -0.05) is 31.7 Å². The minimum atomic E-state index is -3.54. The van der Waals surface area contributed by atoms with Crippen LogP contribution in [0.2, 0.25) is 0 Å². The summed E-state index contributed by atoms with van der Waals surface area (Å²) in [7, 11) is -3.54. The Morgan fingerprint density at radius 2 is 1.86 bits per heavy atom. The summed E-state index contributed by atoms with van der Waals surface area (Å²) in [5, 5.41) is 8.97. The molecule has 0 aliphatic rings. The van der Waals surface area contributed by atoms with E-state index in [1.54, 1.807) is 22.7 Å². The lowest BCUT2D eigenvalue weighted by molar-refractivity contribution is 0.445. The van der Waals surface area contributed by atoms with Gasteiger partial charge in [-0.25, -0.2) is 13.4 Å². The summed E-state index contributed by atoms with van der Waals surface area (Å²) < 4.78 is 30.7. The van der Waals surface area contributed by atoms with Crippen LogP contribution in [-0.2, 0) is 15.8 Å². The number of sulfonamides is 1. The first-order chi connectivity index (χ1) is 13.5. The molecule has 0 radical (unpaired) electrons. The number of imidazole rings is 1. The number of hydrogen-bond acceptors (Lipinski definition) is 6. The van der Waals surface area contributed by atoms with Gasteiger partial charge in [0.2, 0.25) is 10.0 Å². The Morgan fingerprint density at radius 3 is 2.61 bits per heavy atom. The van der Waals surface area contributed by atoms with Crippen molar-refractivity contribution < 1.29 is 8.42 Å². The molecular formula is C18H20N6O2S2. The third kappa shape index (κ3) is 3.38. The van der Waals surface area contributed by atoms with Gasteiger partial charge in [0, 0.05) is 37.4 Å². The molecule has 0 aromatic carbocycles. The van der Waals surface area contributed by atoms with Crippen molar-refractivity contribution in [3.63, 3.8) is 0 Å². The van der Waals surface area contributed by atoms with Crippen molar-refractivity contribution in [3.05, 3.63) is 54.6 Å². The van der Waals surface area contributed by atoms with Crippen LogP contribution >= 0.6 is 11.8 Å². The van der Waals surface area contributed by atoms with E-state index < -0.39 is 10.0 Å². The molecule has 4 aromatic rings. The van der Waals surface area contributed by atoms with E-state index in [0.29, 0.717) is 29.6 Å². The molecule has 8 nitrogen and oxygen atoms in total. The van der Waals surface area contributed by atoms with Gasteiger partial charge in [-0.05, 0) is 24.3 Å². The molecule has 4 aromatic heterocycles. The average molecular weight is 417 g/mol. The van der Waals surface area contributed by atoms with Crippen molar-refractivity contribution in [1.29, 1.82) is 0 Å². The molecule has 0 spiro atoms. The van der Waals surface area contributed by atoms with Crippen LogP contribution in [0.25, 0.3) is 11.3 Å². The summed E-state index contributed by atoms with van der Waals surface area (Å²) in [5.74, 6) is 0.607. The third-order valence-corrected chi connectivity index (χ3v) is 7.46. The molecule has 0 aliphatic carbocycles. The number of thioether (sulfide) groups is 1. The van der Waals surface area contributed by atoms with Gasteiger partial charge in [-0.15, -0.1) is 10.2 Å². The lowest BCUT2D eigenvalue weighted by Gasteiger charge is -2.18. The minimum Gasteiger partial charge on any atom is -0.307 e. The van der Waals surface area contributed by atoms with Gasteiger partial charge in [-0.2, -0.15) is 4.31 Å². The Labute approximate surface area is 167 Å². The Morgan fingerprint density at radius 1 is 1.04 bits per heavy atom. The van der Waals surface area contributed by atoms with Crippen LogP contribution in [0.4, 0.5) is 0 Å². The zero-order valence-corrected chi connectivity index (χ0v) is 17.2. The molecule has 0 bridgehead atoms. The maximum Gasteiger partial charge on any atom is 0.244 e. The lowest BCUT2D eigenvalue weighted by atomic mass is 10.5. The van der Waals surface area contributed by atoms with E-state index >= 15 is 0 Å². The van der Waals surface area contributed by atoms with E-state index in [1.807, 2.05) is 48.8 Å². The molecule has 0 amide bonds. The number of hydrogen-bond donors (Lipinski definition) is 0. The number of fused-ring (bicyclic) bond motifs is 2. The highest BCUT2D eigenvalue weighted by molar-refractivity contribution is 7.98. The smallest absolute Gasteiger partial charge is 0.244 e. The standard InChI is InChI=1S/C18H20N6O2S2/c1-3-23(4-2)28(25,26)15-8-9-17-20-21-18(24(17)12-15)27-13-14-11-22-10-6-5-7-16(22)19-14/h5-12H,3-4,13H2,1-2H3. The fraction of sp³-hybridized carbons (Fsp3) is 0.278. The second-order valence-electron chi connectivity index (χ2n) is 6.15. The van der Waals surface area contributed by atoms with E-state index in [4.69, 9.17) is 0 Å². The molecule has 0 saturated carbocycles. The van der Waals surface area contributed by atoms with Crippen molar-refractivity contribution in [1.82, 2.24) is 28.3 Å². The summed E-state index contributed by atoms with van der Waals surface area (Å²) in [5.41, 5.74) is 2.41. The molecule has 0 unspecified atom stereocenters. The summed E-state index contributed by atoms with van der Waals surface area (Å²) in [6.45, 7) is 4.51. The Kier molecular flexibility index (Phi) is 5.09. The number of nitrogens with zero attached hydrogens (tertiary/aromatic N) is 6. The molecule has 0 saturated heterocycles. The van der Waals surface area contributed by atoms with E-state index in [9.17, 15) is 8.42 Å². The Bertz CT molecular complexity index is 1190. The summed E-state index contributed by atoms with van der Waals surface area (Å²) in [6.07, 6.45) is 5.52. The first-order valence-corrected chi connectivity index (χ1v) is 11.4. The highest BCUT2D eigenvalue weighted by Gasteiger charge is 2.22. The van der Waals surface area contributed by atoms with Gasteiger partial charge < -0.3 is 4.40 Å². The van der Waals surface area contributed by atoms with Gasteiger partial charge >= 0.3 is 0 Å². The normalized spacial score (nSPS) is 12.4. The van der Waals surface area contributed by atoms with Crippen LogP contribution in [0.15, 0.2) is 59.0 Å². The minimum absolute atomic E-state index is 0.234. The molecule has 146 valence electrons. The highest BCUT2D eigenvalue weighted by Crippen LogP contribution is 2.24. The molecule has 0 N–H and O–H groups in total. The molecule has 28 heavy (non-hydrogen) atoms. The Balaban J connectivity index is 1.62. The van der Waals surface area contributed by atoms with Crippen molar-refractivity contribution in [2.45, 2.75) is 29.7 Å². The van der Waals surface area contributed by atoms with Gasteiger partial charge in [0.1, 0.15) is 5.65 Å². The van der Waals surface area contributed by atoms with Crippen LogP contribution in [0.1, 0.15) is 19.5 Å². The monoisotopic (exact) mass is 416 g/mol. The van der Waals surface area contributed by atoms with Crippen LogP contribution < -0.4 is 0 Å². The highest BCUT2D eigenvalue weighted by atomic mass is 32.2. The molecule has 4 rings (SSSR count). The predicted molar refractivity (Wildman–Crippen MR) is 108 cm³/mol. The number of pyridine rings is 2. The summed E-state index contributed by atoms with van der Waals surface area (Å²) in [6, 6.07) is 9.11. The van der Waals surface area contributed by atoms with Crippen LogP contribution in [0, 0.1) is 0 Å². The topological polar surface area (TPSA) is 84.9 Å². The van der Waals surface area contributed by atoms with Crippen molar-refractivity contribution in [2.75, 3.05) is 13.1 Å². The maximum atomic E-state index is 12.8. The maximum absolute atomic E-state index is 12.8. The van der Waals surface area contributed by atoms with Gasteiger partial charge in [0.05, 0.1) is 10.6 Å². The van der Waals surface area contributed by atoms with Crippen molar-refractivity contribution >= 4 is 33.1 Å². The first-order valence-electron chi connectivity index (χ1n) is 8.93. The second kappa shape index (κ2) is 7.53. The largest absolute Gasteiger partial charge is 0.307 e. The zero-order valence-electron chi connectivity index (χ0n) is 15.6. The third-order valence-electron chi connectivity index (χ3n) is 4.45. The van der Waals surface area contributed by atoms with Crippen LogP contribution in [0.5, 0.6) is 0 Å². The van der Waals surface area contributed by atoms with Crippen LogP contribution in [-0.4, -0.2) is 49.8 Å². The van der Waals surface area contributed by atoms with Crippen LogP contribution in [0.3, 0.4) is 0 Å².